The minimum absolute atomic E-state index is 0.0708. The molecule has 0 aromatic rings. The van der Waals surface area contributed by atoms with E-state index in [2.05, 4.69) is 10.1 Å². The predicted octanol–water partition coefficient (Wildman–Crippen LogP) is 0.444. The summed E-state index contributed by atoms with van der Waals surface area (Å²) in [6.07, 6.45) is 0.693. The zero-order chi connectivity index (χ0) is 14.4. The number of ether oxygens (including phenoxy) is 1. The van der Waals surface area contributed by atoms with Crippen LogP contribution in [0.5, 0.6) is 0 Å². The van der Waals surface area contributed by atoms with Crippen molar-refractivity contribution in [2.45, 2.75) is 32.2 Å². The Balaban J connectivity index is 2.59. The van der Waals surface area contributed by atoms with Crippen LogP contribution in [-0.2, 0) is 14.3 Å². The summed E-state index contributed by atoms with van der Waals surface area (Å²) in [5.41, 5.74) is 0. The number of methoxy groups -OCH3 is 1. The lowest BCUT2D eigenvalue weighted by molar-refractivity contribution is -0.137. The number of piperidine rings is 1. The fourth-order valence-electron chi connectivity index (χ4n) is 2.33. The van der Waals surface area contributed by atoms with Crippen molar-refractivity contribution in [3.8, 4) is 0 Å². The number of likely N-dealkylation sites (tertiary alicyclic amines) is 1. The Hall–Kier alpha value is -1.79. The van der Waals surface area contributed by atoms with E-state index in [1.165, 1.54) is 14.0 Å². The first-order valence-electron chi connectivity index (χ1n) is 6.24. The number of carboxylic acid groups (broad SMARTS) is 1. The third-order valence-electron chi connectivity index (χ3n) is 3.26. The SMILES string of the molecule is COC(=O)NC1CC(CCC(=O)O)CN(C(C)=O)C1. The summed E-state index contributed by atoms with van der Waals surface area (Å²) in [4.78, 5) is 34.9. The van der Waals surface area contributed by atoms with Gasteiger partial charge < -0.3 is 20.1 Å². The summed E-state index contributed by atoms with van der Waals surface area (Å²) in [5.74, 6) is -0.843. The molecular weight excluding hydrogens is 252 g/mol. The van der Waals surface area contributed by atoms with E-state index >= 15 is 0 Å². The van der Waals surface area contributed by atoms with E-state index in [4.69, 9.17) is 5.11 Å². The molecule has 1 saturated heterocycles. The molecule has 0 aromatic carbocycles. The second-order valence-electron chi connectivity index (χ2n) is 4.79. The maximum absolute atomic E-state index is 11.4. The molecule has 0 aliphatic carbocycles. The zero-order valence-electron chi connectivity index (χ0n) is 11.2. The molecule has 0 radical (unpaired) electrons. The Bertz CT molecular complexity index is 358. The van der Waals surface area contributed by atoms with Crippen molar-refractivity contribution >= 4 is 18.0 Å². The molecule has 0 bridgehead atoms. The van der Waals surface area contributed by atoms with Crippen LogP contribution in [0.3, 0.4) is 0 Å². The Morgan fingerprint density at radius 1 is 1.37 bits per heavy atom. The van der Waals surface area contributed by atoms with Gasteiger partial charge in [0.05, 0.1) is 13.2 Å². The highest BCUT2D eigenvalue weighted by Gasteiger charge is 2.29. The summed E-state index contributed by atoms with van der Waals surface area (Å²) in [6.45, 7) is 2.45. The average Bonchev–Trinajstić information content (AvgIpc) is 2.35. The number of nitrogens with zero attached hydrogens (tertiary/aromatic N) is 1. The lowest BCUT2D eigenvalue weighted by Gasteiger charge is -2.37. The Kier molecular flexibility index (Phi) is 5.59. The van der Waals surface area contributed by atoms with Crippen molar-refractivity contribution in [1.82, 2.24) is 10.2 Å². The lowest BCUT2D eigenvalue weighted by Crippen LogP contribution is -2.52. The van der Waals surface area contributed by atoms with E-state index in [1.807, 2.05) is 0 Å². The van der Waals surface area contributed by atoms with Crippen molar-refractivity contribution in [2.24, 2.45) is 5.92 Å². The number of amides is 2. The second-order valence-corrected chi connectivity index (χ2v) is 4.79. The quantitative estimate of drug-likeness (QED) is 0.774. The molecule has 7 nitrogen and oxygen atoms in total. The highest BCUT2D eigenvalue weighted by molar-refractivity contribution is 5.73. The summed E-state index contributed by atoms with van der Waals surface area (Å²) < 4.78 is 4.53. The van der Waals surface area contributed by atoms with Crippen molar-refractivity contribution in [2.75, 3.05) is 20.2 Å². The summed E-state index contributed by atoms with van der Waals surface area (Å²) in [5, 5.41) is 11.4. The number of aliphatic carboxylic acids is 1. The normalized spacial score (nSPS) is 22.7. The van der Waals surface area contributed by atoms with E-state index in [1.54, 1.807) is 4.90 Å². The van der Waals surface area contributed by atoms with E-state index in [0.29, 0.717) is 25.9 Å². The predicted molar refractivity (Wildman–Crippen MR) is 66.6 cm³/mol. The molecule has 2 N–H and O–H groups in total. The topological polar surface area (TPSA) is 95.9 Å². The van der Waals surface area contributed by atoms with Crippen molar-refractivity contribution in [3.05, 3.63) is 0 Å². The summed E-state index contributed by atoms with van der Waals surface area (Å²) in [6, 6.07) is -0.191. The molecule has 1 heterocycles. The van der Waals surface area contributed by atoms with Gasteiger partial charge in [0.2, 0.25) is 5.91 Å². The third kappa shape index (κ3) is 5.15. The van der Waals surface area contributed by atoms with E-state index in [0.717, 1.165) is 0 Å². The van der Waals surface area contributed by atoms with Gasteiger partial charge in [-0.2, -0.15) is 0 Å². The highest BCUT2D eigenvalue weighted by atomic mass is 16.5. The molecule has 7 heteroatoms. The molecule has 2 atom stereocenters. The van der Waals surface area contributed by atoms with Gasteiger partial charge in [-0.05, 0) is 18.8 Å². The number of hydrogen-bond acceptors (Lipinski definition) is 4. The third-order valence-corrected chi connectivity index (χ3v) is 3.26. The van der Waals surface area contributed by atoms with E-state index < -0.39 is 12.1 Å². The van der Waals surface area contributed by atoms with Gasteiger partial charge in [0.25, 0.3) is 0 Å². The van der Waals surface area contributed by atoms with Crippen LogP contribution in [0.15, 0.2) is 0 Å². The van der Waals surface area contributed by atoms with Crippen LogP contribution >= 0.6 is 0 Å². The maximum atomic E-state index is 11.4. The maximum Gasteiger partial charge on any atom is 0.407 e. The number of nitrogens with one attached hydrogen (secondary N) is 1. The fraction of sp³-hybridized carbons (Fsp3) is 0.750. The van der Waals surface area contributed by atoms with Crippen LogP contribution < -0.4 is 5.32 Å². The molecule has 108 valence electrons. The van der Waals surface area contributed by atoms with Crippen LogP contribution in [0, 0.1) is 5.92 Å². The number of hydrogen-bond donors (Lipinski definition) is 2. The Morgan fingerprint density at radius 3 is 2.58 bits per heavy atom. The lowest BCUT2D eigenvalue weighted by atomic mass is 9.90. The molecule has 1 aliphatic heterocycles. The van der Waals surface area contributed by atoms with E-state index in [9.17, 15) is 14.4 Å². The smallest absolute Gasteiger partial charge is 0.407 e. The number of alkyl carbamates (subject to hydrolysis) is 1. The van der Waals surface area contributed by atoms with E-state index in [-0.39, 0.29) is 24.3 Å². The zero-order valence-corrected chi connectivity index (χ0v) is 11.2. The first-order valence-corrected chi connectivity index (χ1v) is 6.24. The van der Waals surface area contributed by atoms with Gasteiger partial charge >= 0.3 is 12.1 Å². The molecule has 1 fully saturated rings. The van der Waals surface area contributed by atoms with Gasteiger partial charge in [0, 0.05) is 26.4 Å². The molecule has 2 unspecified atom stereocenters. The minimum atomic E-state index is -0.850. The van der Waals surface area contributed by atoms with Gasteiger partial charge in [-0.15, -0.1) is 0 Å². The van der Waals surface area contributed by atoms with Gasteiger partial charge in [-0.25, -0.2) is 4.79 Å². The molecule has 0 aromatic heterocycles. The monoisotopic (exact) mass is 272 g/mol. The first kappa shape index (κ1) is 15.3. The highest BCUT2D eigenvalue weighted by Crippen LogP contribution is 2.21. The van der Waals surface area contributed by atoms with Gasteiger partial charge in [-0.1, -0.05) is 0 Å². The fourth-order valence-corrected chi connectivity index (χ4v) is 2.33. The molecule has 19 heavy (non-hydrogen) atoms. The molecular formula is C12H20N2O5. The molecule has 2 amide bonds. The Labute approximate surface area is 111 Å². The average molecular weight is 272 g/mol. The second kappa shape index (κ2) is 6.96. The van der Waals surface area contributed by atoms with Crippen LogP contribution in [0.4, 0.5) is 4.79 Å². The van der Waals surface area contributed by atoms with Crippen LogP contribution in [-0.4, -0.2) is 54.2 Å². The van der Waals surface area contributed by atoms with Crippen LogP contribution in [0.25, 0.3) is 0 Å². The van der Waals surface area contributed by atoms with Gasteiger partial charge in [0.1, 0.15) is 0 Å². The standard InChI is InChI=1S/C12H20N2O5/c1-8(15)14-6-9(3-4-11(16)17)5-10(7-14)13-12(18)19-2/h9-10H,3-7H2,1-2H3,(H,13,18)(H,16,17). The Morgan fingerprint density at radius 2 is 2.05 bits per heavy atom. The van der Waals surface area contributed by atoms with Crippen molar-refractivity contribution < 1.29 is 24.2 Å². The van der Waals surface area contributed by atoms with Crippen molar-refractivity contribution in [1.29, 1.82) is 0 Å². The first-order chi connectivity index (χ1) is 8.92. The van der Waals surface area contributed by atoms with Crippen LogP contribution in [0.1, 0.15) is 26.2 Å². The number of carboxylic acids is 1. The summed E-state index contributed by atoms with van der Waals surface area (Å²) in [7, 11) is 1.28. The molecule has 0 saturated carbocycles. The number of carbonyl (C=O) groups is 3. The number of rotatable bonds is 4. The summed E-state index contributed by atoms with van der Waals surface area (Å²) >= 11 is 0. The largest absolute Gasteiger partial charge is 0.481 e. The van der Waals surface area contributed by atoms with Crippen LogP contribution in [0.2, 0.25) is 0 Å². The molecule has 1 aliphatic rings. The molecule has 0 spiro atoms. The van der Waals surface area contributed by atoms with Gasteiger partial charge in [-0.3, -0.25) is 9.59 Å². The van der Waals surface area contributed by atoms with Gasteiger partial charge in [0.15, 0.2) is 0 Å². The van der Waals surface area contributed by atoms with Crippen molar-refractivity contribution in [3.63, 3.8) is 0 Å². The molecule has 1 rings (SSSR count). The number of carbonyl (C=O) groups excluding carboxylic acids is 2. The minimum Gasteiger partial charge on any atom is -0.481 e.